The smallest absolute Gasteiger partial charge is 0.0463 e. The zero-order valence-electron chi connectivity index (χ0n) is 8.06. The molecule has 0 aromatic rings. The van der Waals surface area contributed by atoms with Crippen LogP contribution in [0, 0.1) is 0 Å². The van der Waals surface area contributed by atoms with E-state index >= 15 is 0 Å². The van der Waals surface area contributed by atoms with Crippen molar-refractivity contribution in [1.29, 1.82) is 0 Å². The summed E-state index contributed by atoms with van der Waals surface area (Å²) in [6.07, 6.45) is 5.23. The van der Waals surface area contributed by atoms with Gasteiger partial charge in [0.05, 0.1) is 0 Å². The molecule has 0 aromatic heterocycles. The summed E-state index contributed by atoms with van der Waals surface area (Å²) < 4.78 is 0. The van der Waals surface area contributed by atoms with Crippen molar-refractivity contribution in [3.63, 3.8) is 0 Å². The van der Waals surface area contributed by atoms with E-state index in [0.29, 0.717) is 6.04 Å². The third-order valence-corrected chi connectivity index (χ3v) is 2.99. The van der Waals surface area contributed by atoms with Crippen LogP contribution in [0.2, 0.25) is 0 Å². The summed E-state index contributed by atoms with van der Waals surface area (Å²) in [6.45, 7) is 5.74. The maximum Gasteiger partial charge on any atom is 0.0463 e. The monoisotopic (exact) mass is 168 g/mol. The Bertz CT molecular complexity index is 213. The Labute approximate surface area is 76.1 Å². The van der Waals surface area contributed by atoms with E-state index in [1.54, 1.807) is 11.3 Å². The Morgan fingerprint density at radius 1 is 1.58 bits per heavy atom. The standard InChI is InChI=1S/C10H18N2.H2/c1-3-9-8(2)11-12-7-5-4-6-10(9)12;/h8,11H,3-7H2,1-2H3;1H. The molecule has 2 heterocycles. The fourth-order valence-corrected chi connectivity index (χ4v) is 2.38. The lowest BCUT2D eigenvalue weighted by molar-refractivity contribution is 0.223. The molecule has 2 nitrogen and oxygen atoms in total. The SMILES string of the molecule is CCC1=C2CCCCN2NC1C.[HH]. The lowest BCUT2D eigenvalue weighted by Gasteiger charge is -2.27. The molecule has 0 spiro atoms. The van der Waals surface area contributed by atoms with Crippen LogP contribution in [0.4, 0.5) is 0 Å². The van der Waals surface area contributed by atoms with Crippen LogP contribution in [0.5, 0.6) is 0 Å². The fourth-order valence-electron chi connectivity index (χ4n) is 2.38. The van der Waals surface area contributed by atoms with E-state index in [9.17, 15) is 0 Å². The number of fused-ring (bicyclic) bond motifs is 1. The van der Waals surface area contributed by atoms with E-state index in [1.165, 1.54) is 32.2 Å². The molecule has 0 aliphatic carbocycles. The highest BCUT2D eigenvalue weighted by Gasteiger charge is 2.27. The van der Waals surface area contributed by atoms with E-state index in [1.807, 2.05) is 0 Å². The van der Waals surface area contributed by atoms with Crippen molar-refractivity contribution in [1.82, 2.24) is 10.4 Å². The highest BCUT2D eigenvalue weighted by molar-refractivity contribution is 5.23. The van der Waals surface area contributed by atoms with Gasteiger partial charge in [0, 0.05) is 19.7 Å². The Hall–Kier alpha value is -0.500. The minimum atomic E-state index is 0. The first kappa shape index (κ1) is 8.11. The van der Waals surface area contributed by atoms with E-state index in [4.69, 9.17) is 0 Å². The normalized spacial score (nSPS) is 29.5. The van der Waals surface area contributed by atoms with Crippen LogP contribution in [0.25, 0.3) is 0 Å². The average molecular weight is 168 g/mol. The van der Waals surface area contributed by atoms with Gasteiger partial charge in [-0.1, -0.05) is 6.92 Å². The zero-order valence-corrected chi connectivity index (χ0v) is 8.06. The highest BCUT2D eigenvalue weighted by atomic mass is 15.5. The number of allylic oxidation sites excluding steroid dienone is 1. The summed E-state index contributed by atoms with van der Waals surface area (Å²) in [5, 5.41) is 2.37. The predicted molar refractivity (Wildman–Crippen MR) is 52.6 cm³/mol. The summed E-state index contributed by atoms with van der Waals surface area (Å²) in [5.74, 6) is 0. The number of hydrazine groups is 1. The van der Waals surface area contributed by atoms with Gasteiger partial charge in [-0.05, 0) is 38.2 Å². The van der Waals surface area contributed by atoms with Gasteiger partial charge in [0.2, 0.25) is 0 Å². The Morgan fingerprint density at radius 2 is 2.42 bits per heavy atom. The second-order valence-corrected chi connectivity index (χ2v) is 3.79. The van der Waals surface area contributed by atoms with Crippen molar-refractivity contribution in [2.75, 3.05) is 6.54 Å². The van der Waals surface area contributed by atoms with E-state index < -0.39 is 0 Å². The van der Waals surface area contributed by atoms with Crippen molar-refractivity contribution in [2.24, 2.45) is 0 Å². The topological polar surface area (TPSA) is 15.3 Å². The molecule has 1 N–H and O–H groups in total. The number of piperidine rings is 1. The number of rotatable bonds is 1. The first-order valence-electron chi connectivity index (χ1n) is 5.08. The molecular weight excluding hydrogens is 148 g/mol. The predicted octanol–water partition coefficient (Wildman–Crippen LogP) is 2.29. The molecule has 70 valence electrons. The lowest BCUT2D eigenvalue weighted by atomic mass is 10.0. The maximum absolute atomic E-state index is 3.52. The second-order valence-electron chi connectivity index (χ2n) is 3.79. The third kappa shape index (κ3) is 1.14. The van der Waals surface area contributed by atoms with Gasteiger partial charge in [-0.25, -0.2) is 5.43 Å². The average Bonchev–Trinajstić information content (AvgIpc) is 2.40. The molecule has 0 bridgehead atoms. The quantitative estimate of drug-likeness (QED) is 0.646. The van der Waals surface area contributed by atoms with E-state index in [0.717, 1.165) is 0 Å². The van der Waals surface area contributed by atoms with Crippen LogP contribution in [0.3, 0.4) is 0 Å². The number of nitrogens with one attached hydrogen (secondary N) is 1. The highest BCUT2D eigenvalue weighted by Crippen LogP contribution is 2.30. The van der Waals surface area contributed by atoms with Crippen molar-refractivity contribution in [3.05, 3.63) is 11.3 Å². The second kappa shape index (κ2) is 3.09. The lowest BCUT2D eigenvalue weighted by Crippen LogP contribution is -2.38. The summed E-state index contributed by atoms with van der Waals surface area (Å²) in [5.41, 5.74) is 6.74. The molecule has 0 radical (unpaired) electrons. The van der Waals surface area contributed by atoms with Crippen molar-refractivity contribution in [2.45, 2.75) is 45.6 Å². The summed E-state index contributed by atoms with van der Waals surface area (Å²) in [6, 6.07) is 0.586. The molecule has 1 saturated heterocycles. The maximum atomic E-state index is 3.52. The van der Waals surface area contributed by atoms with Gasteiger partial charge in [0.15, 0.2) is 0 Å². The van der Waals surface area contributed by atoms with E-state index in [-0.39, 0.29) is 1.43 Å². The van der Waals surface area contributed by atoms with Gasteiger partial charge in [-0.2, -0.15) is 0 Å². The summed E-state index contributed by atoms with van der Waals surface area (Å²) in [4.78, 5) is 0. The summed E-state index contributed by atoms with van der Waals surface area (Å²) >= 11 is 0. The van der Waals surface area contributed by atoms with E-state index in [2.05, 4.69) is 24.3 Å². The van der Waals surface area contributed by atoms with Gasteiger partial charge < -0.3 is 5.01 Å². The molecule has 0 saturated carbocycles. The first-order valence-corrected chi connectivity index (χ1v) is 5.08. The molecule has 1 atom stereocenters. The minimum Gasteiger partial charge on any atom is -0.312 e. The fraction of sp³-hybridized carbons (Fsp3) is 0.800. The molecule has 2 rings (SSSR count). The molecule has 2 aliphatic rings. The Kier molecular flexibility index (Phi) is 2.09. The number of hydrogen-bond acceptors (Lipinski definition) is 2. The van der Waals surface area contributed by atoms with Crippen LogP contribution in [0.1, 0.15) is 41.0 Å². The van der Waals surface area contributed by atoms with Crippen LogP contribution < -0.4 is 5.43 Å². The van der Waals surface area contributed by atoms with Gasteiger partial charge in [0.1, 0.15) is 0 Å². The van der Waals surface area contributed by atoms with Crippen molar-refractivity contribution < 1.29 is 1.43 Å². The number of hydrogen-bond donors (Lipinski definition) is 1. The van der Waals surface area contributed by atoms with Gasteiger partial charge >= 0.3 is 0 Å². The molecule has 0 amide bonds. The third-order valence-electron chi connectivity index (χ3n) is 2.99. The largest absolute Gasteiger partial charge is 0.312 e. The zero-order chi connectivity index (χ0) is 8.55. The molecule has 1 unspecified atom stereocenters. The van der Waals surface area contributed by atoms with Gasteiger partial charge in [-0.3, -0.25) is 0 Å². The van der Waals surface area contributed by atoms with Crippen LogP contribution >= 0.6 is 0 Å². The molecule has 1 fully saturated rings. The minimum absolute atomic E-state index is 0. The molecule has 0 aromatic carbocycles. The molecule has 2 heteroatoms. The van der Waals surface area contributed by atoms with Crippen molar-refractivity contribution in [3.8, 4) is 0 Å². The first-order chi connectivity index (χ1) is 5.83. The molecular formula is C10H20N2. The van der Waals surface area contributed by atoms with Gasteiger partial charge in [-0.15, -0.1) is 0 Å². The van der Waals surface area contributed by atoms with Crippen LogP contribution in [-0.2, 0) is 0 Å². The Balaban J connectivity index is 0.000000845. The van der Waals surface area contributed by atoms with Crippen molar-refractivity contribution >= 4 is 0 Å². The molecule has 12 heavy (non-hydrogen) atoms. The number of nitrogens with zero attached hydrogens (tertiary/aromatic N) is 1. The Morgan fingerprint density at radius 3 is 3.17 bits per heavy atom. The van der Waals surface area contributed by atoms with Crippen LogP contribution in [-0.4, -0.2) is 17.6 Å². The molecule has 2 aliphatic heterocycles. The van der Waals surface area contributed by atoms with Crippen LogP contribution in [0.15, 0.2) is 11.3 Å². The van der Waals surface area contributed by atoms with Gasteiger partial charge in [0.25, 0.3) is 0 Å². The summed E-state index contributed by atoms with van der Waals surface area (Å²) in [7, 11) is 0.